The van der Waals surface area contributed by atoms with E-state index in [0.717, 1.165) is 10.2 Å². The molecule has 2 rings (SSSR count). The third-order valence-corrected chi connectivity index (χ3v) is 3.79. The molecule has 1 heterocycles. The standard InChI is InChI=1S/C10H8Cl2N2O2S/c1-17(15,16)14-6-5-13-10(14)9-7(11)3-2-4-8(9)12/h2-6H,1H3. The van der Waals surface area contributed by atoms with Crippen LogP contribution < -0.4 is 0 Å². The summed E-state index contributed by atoms with van der Waals surface area (Å²) in [5, 5.41) is 0.710. The van der Waals surface area contributed by atoms with Gasteiger partial charge in [0.15, 0.2) is 5.82 Å². The van der Waals surface area contributed by atoms with Crippen molar-refractivity contribution in [3.05, 3.63) is 40.6 Å². The highest BCUT2D eigenvalue weighted by Gasteiger charge is 2.18. The van der Waals surface area contributed by atoms with Crippen molar-refractivity contribution in [3.63, 3.8) is 0 Å². The van der Waals surface area contributed by atoms with Crippen LogP contribution in [0.1, 0.15) is 0 Å². The van der Waals surface area contributed by atoms with Crippen LogP contribution >= 0.6 is 23.2 Å². The fourth-order valence-electron chi connectivity index (χ4n) is 1.45. The lowest BCUT2D eigenvalue weighted by Crippen LogP contribution is -2.10. The average Bonchev–Trinajstić information content (AvgIpc) is 2.65. The van der Waals surface area contributed by atoms with Crippen LogP contribution in [0.15, 0.2) is 30.6 Å². The van der Waals surface area contributed by atoms with Gasteiger partial charge in [-0.1, -0.05) is 29.3 Å². The predicted molar refractivity (Wildman–Crippen MR) is 67.9 cm³/mol. The van der Waals surface area contributed by atoms with Crippen LogP contribution in [0.25, 0.3) is 11.4 Å². The molecule has 0 fully saturated rings. The van der Waals surface area contributed by atoms with E-state index in [2.05, 4.69) is 4.98 Å². The number of benzene rings is 1. The molecule has 0 unspecified atom stereocenters. The monoisotopic (exact) mass is 290 g/mol. The minimum Gasteiger partial charge on any atom is -0.236 e. The summed E-state index contributed by atoms with van der Waals surface area (Å²) in [6, 6.07) is 4.94. The van der Waals surface area contributed by atoms with Crippen molar-refractivity contribution in [2.75, 3.05) is 6.26 Å². The Morgan fingerprint density at radius 1 is 1.24 bits per heavy atom. The van der Waals surface area contributed by atoms with E-state index < -0.39 is 10.0 Å². The maximum atomic E-state index is 11.5. The van der Waals surface area contributed by atoms with Crippen molar-refractivity contribution < 1.29 is 8.42 Å². The van der Waals surface area contributed by atoms with Crippen LogP contribution in [0.4, 0.5) is 0 Å². The highest BCUT2D eigenvalue weighted by molar-refractivity contribution is 7.89. The van der Waals surface area contributed by atoms with Crippen molar-refractivity contribution in [1.29, 1.82) is 0 Å². The molecule has 0 aliphatic carbocycles. The Labute approximate surface area is 109 Å². The summed E-state index contributed by atoms with van der Waals surface area (Å²) in [4.78, 5) is 3.99. The van der Waals surface area contributed by atoms with E-state index in [1.165, 1.54) is 12.4 Å². The molecule has 0 saturated carbocycles. The fraction of sp³-hybridized carbons (Fsp3) is 0.100. The van der Waals surface area contributed by atoms with Crippen molar-refractivity contribution in [2.24, 2.45) is 0 Å². The second kappa shape index (κ2) is 4.33. The normalized spacial score (nSPS) is 11.7. The van der Waals surface area contributed by atoms with Crippen molar-refractivity contribution in [1.82, 2.24) is 8.96 Å². The molecule has 0 atom stereocenters. The first-order chi connectivity index (χ1) is 7.91. The Balaban J connectivity index is 2.75. The van der Waals surface area contributed by atoms with Gasteiger partial charge in [-0.2, -0.15) is 0 Å². The molecule has 0 bridgehead atoms. The molecule has 2 aromatic rings. The molecular formula is C10H8Cl2N2O2S. The minimum atomic E-state index is -3.43. The molecule has 0 radical (unpaired) electrons. The lowest BCUT2D eigenvalue weighted by molar-refractivity contribution is 0.594. The maximum absolute atomic E-state index is 11.5. The van der Waals surface area contributed by atoms with E-state index in [1.807, 2.05) is 0 Å². The van der Waals surface area contributed by atoms with Crippen molar-refractivity contribution >= 4 is 33.2 Å². The summed E-state index contributed by atoms with van der Waals surface area (Å²) in [6.45, 7) is 0. The smallest absolute Gasteiger partial charge is 0.236 e. The molecular weight excluding hydrogens is 283 g/mol. The third kappa shape index (κ3) is 2.31. The zero-order valence-corrected chi connectivity index (χ0v) is 11.1. The molecule has 0 saturated heterocycles. The summed E-state index contributed by atoms with van der Waals surface area (Å²) in [5.41, 5.74) is 0.409. The topological polar surface area (TPSA) is 52.0 Å². The Morgan fingerprint density at radius 3 is 2.35 bits per heavy atom. The number of nitrogens with zero attached hydrogens (tertiary/aromatic N) is 2. The molecule has 4 nitrogen and oxygen atoms in total. The van der Waals surface area contributed by atoms with E-state index in [-0.39, 0.29) is 5.82 Å². The number of hydrogen-bond donors (Lipinski definition) is 0. The lowest BCUT2D eigenvalue weighted by atomic mass is 10.2. The summed E-state index contributed by atoms with van der Waals surface area (Å²) in [7, 11) is -3.43. The van der Waals surface area contributed by atoms with Crippen molar-refractivity contribution in [3.8, 4) is 11.4 Å². The van der Waals surface area contributed by atoms with Gasteiger partial charge in [-0.25, -0.2) is 17.4 Å². The van der Waals surface area contributed by atoms with E-state index in [1.54, 1.807) is 18.2 Å². The van der Waals surface area contributed by atoms with E-state index >= 15 is 0 Å². The van der Waals surface area contributed by atoms with Gasteiger partial charge >= 0.3 is 0 Å². The Bertz CT molecular complexity index is 644. The Kier molecular flexibility index (Phi) is 3.16. The molecule has 0 amide bonds. The summed E-state index contributed by atoms with van der Waals surface area (Å²) < 4.78 is 24.1. The highest BCUT2D eigenvalue weighted by atomic mass is 35.5. The first kappa shape index (κ1) is 12.4. The van der Waals surface area contributed by atoms with Crippen LogP contribution in [0.5, 0.6) is 0 Å². The Morgan fingerprint density at radius 2 is 1.82 bits per heavy atom. The number of halogens is 2. The van der Waals surface area contributed by atoms with Gasteiger partial charge in [-0.3, -0.25) is 0 Å². The molecule has 90 valence electrons. The van der Waals surface area contributed by atoms with Crippen LogP contribution in [0.2, 0.25) is 10.0 Å². The molecule has 17 heavy (non-hydrogen) atoms. The number of aromatic nitrogens is 2. The summed E-state index contributed by atoms with van der Waals surface area (Å²) in [5.74, 6) is 0.211. The van der Waals surface area contributed by atoms with Crippen molar-refractivity contribution in [2.45, 2.75) is 0 Å². The molecule has 0 N–H and O–H groups in total. The lowest BCUT2D eigenvalue weighted by Gasteiger charge is -2.08. The largest absolute Gasteiger partial charge is 0.237 e. The average molecular weight is 291 g/mol. The molecule has 1 aromatic heterocycles. The number of imidazole rings is 1. The fourth-order valence-corrected chi connectivity index (χ4v) is 2.74. The van der Waals surface area contributed by atoms with Gasteiger partial charge in [0.05, 0.1) is 21.9 Å². The van der Waals surface area contributed by atoms with Crippen LogP contribution in [0, 0.1) is 0 Å². The molecule has 0 aliphatic rings. The Hall–Kier alpha value is -1.04. The maximum Gasteiger partial charge on any atom is 0.237 e. The highest BCUT2D eigenvalue weighted by Crippen LogP contribution is 2.33. The number of rotatable bonds is 2. The van der Waals surface area contributed by atoms with E-state index in [9.17, 15) is 8.42 Å². The predicted octanol–water partition coefficient (Wildman–Crippen LogP) is 2.66. The van der Waals surface area contributed by atoms with E-state index in [4.69, 9.17) is 23.2 Å². The van der Waals surface area contributed by atoms with Crippen LogP contribution in [-0.4, -0.2) is 23.6 Å². The first-order valence-electron chi connectivity index (χ1n) is 4.59. The van der Waals surface area contributed by atoms with Gasteiger partial charge in [0.1, 0.15) is 0 Å². The van der Waals surface area contributed by atoms with Gasteiger partial charge in [-0.15, -0.1) is 0 Å². The van der Waals surface area contributed by atoms with Crippen LogP contribution in [-0.2, 0) is 10.0 Å². The third-order valence-electron chi connectivity index (χ3n) is 2.15. The molecule has 0 spiro atoms. The van der Waals surface area contributed by atoms with Gasteiger partial charge in [-0.05, 0) is 12.1 Å². The van der Waals surface area contributed by atoms with Gasteiger partial charge in [0.25, 0.3) is 0 Å². The minimum absolute atomic E-state index is 0.211. The zero-order chi connectivity index (χ0) is 12.6. The van der Waals surface area contributed by atoms with Gasteiger partial charge in [0.2, 0.25) is 10.0 Å². The quantitative estimate of drug-likeness (QED) is 0.854. The number of hydrogen-bond acceptors (Lipinski definition) is 3. The second-order valence-electron chi connectivity index (χ2n) is 3.41. The summed E-state index contributed by atoms with van der Waals surface area (Å²) >= 11 is 12.0. The molecule has 1 aromatic carbocycles. The molecule has 7 heteroatoms. The first-order valence-corrected chi connectivity index (χ1v) is 7.20. The molecule has 0 aliphatic heterocycles. The zero-order valence-electron chi connectivity index (χ0n) is 8.76. The second-order valence-corrected chi connectivity index (χ2v) is 6.08. The van der Waals surface area contributed by atoms with Gasteiger partial charge < -0.3 is 0 Å². The van der Waals surface area contributed by atoms with Gasteiger partial charge in [0, 0.05) is 12.4 Å². The summed E-state index contributed by atoms with van der Waals surface area (Å²) in [6.07, 6.45) is 3.82. The van der Waals surface area contributed by atoms with Crippen LogP contribution in [0.3, 0.4) is 0 Å². The SMILES string of the molecule is CS(=O)(=O)n1ccnc1-c1c(Cl)cccc1Cl. The van der Waals surface area contributed by atoms with E-state index in [0.29, 0.717) is 15.6 Å².